The van der Waals surface area contributed by atoms with Crippen molar-refractivity contribution >= 4 is 17.5 Å². The molecule has 0 spiro atoms. The number of hydrogen-bond donors (Lipinski definition) is 2. The molecule has 0 aliphatic rings. The Morgan fingerprint density at radius 3 is 2.85 bits per heavy atom. The Morgan fingerprint density at radius 2 is 2.30 bits per heavy atom. The molecule has 1 heterocycles. The van der Waals surface area contributed by atoms with Crippen LogP contribution < -0.4 is 11.1 Å². The zero-order valence-corrected chi connectivity index (χ0v) is 12.1. The number of nitrogens with zero attached hydrogens (tertiary/aromatic N) is 3. The van der Waals surface area contributed by atoms with E-state index in [-0.39, 0.29) is 6.04 Å². The number of amides is 1. The van der Waals surface area contributed by atoms with Gasteiger partial charge in [0.1, 0.15) is 12.2 Å². The summed E-state index contributed by atoms with van der Waals surface area (Å²) in [5.74, 6) is 0.355. The van der Waals surface area contributed by atoms with E-state index < -0.39 is 5.91 Å². The molecule has 6 nitrogen and oxygen atoms in total. The van der Waals surface area contributed by atoms with Gasteiger partial charge in [0.05, 0.1) is 6.04 Å². The van der Waals surface area contributed by atoms with Crippen LogP contribution in [0.15, 0.2) is 24.5 Å². The highest BCUT2D eigenvalue weighted by Crippen LogP contribution is 2.19. The quantitative estimate of drug-likeness (QED) is 0.873. The van der Waals surface area contributed by atoms with E-state index in [0.29, 0.717) is 17.1 Å². The van der Waals surface area contributed by atoms with Crippen LogP contribution in [0.25, 0.3) is 0 Å². The number of carbonyl (C=O) groups is 1. The fraction of sp³-hybridized carbons (Fsp3) is 0.308. The number of halogens is 1. The molecule has 0 bridgehead atoms. The first-order chi connectivity index (χ1) is 9.49. The van der Waals surface area contributed by atoms with E-state index >= 15 is 0 Å². The Bertz CT molecular complexity index is 625. The maximum absolute atomic E-state index is 11.1. The molecule has 20 heavy (non-hydrogen) atoms. The lowest BCUT2D eigenvalue weighted by Gasteiger charge is -2.14. The molecule has 0 saturated carbocycles. The van der Waals surface area contributed by atoms with Gasteiger partial charge in [-0.25, -0.2) is 0 Å². The van der Waals surface area contributed by atoms with Gasteiger partial charge in [0.2, 0.25) is 5.91 Å². The van der Waals surface area contributed by atoms with Crippen molar-refractivity contribution in [1.82, 2.24) is 20.1 Å². The highest BCUT2D eigenvalue weighted by atomic mass is 35.5. The van der Waals surface area contributed by atoms with Gasteiger partial charge in [-0.2, -0.15) is 0 Å². The largest absolute Gasteiger partial charge is 0.366 e. The Balaban J connectivity index is 2.04. The second kappa shape index (κ2) is 6.02. The van der Waals surface area contributed by atoms with E-state index in [1.807, 2.05) is 18.5 Å². The fourth-order valence-electron chi connectivity index (χ4n) is 1.88. The topological polar surface area (TPSA) is 85.8 Å². The maximum Gasteiger partial charge on any atom is 0.248 e. The molecular weight excluding hydrogens is 278 g/mol. The number of nitrogens with one attached hydrogen (secondary N) is 1. The molecule has 2 rings (SSSR count). The highest BCUT2D eigenvalue weighted by Gasteiger charge is 2.12. The standard InChI is InChI=1S/C13H16ClN5O/c1-8(13-18-17-7-19(13)2)16-6-10-4-3-9(12(15)20)5-11(10)14/h3-5,7-8,16H,6H2,1-2H3,(H2,15,20). The molecule has 0 aliphatic heterocycles. The smallest absolute Gasteiger partial charge is 0.248 e. The SMILES string of the molecule is CC(NCc1ccc(C(N)=O)cc1Cl)c1nncn1C. The van der Waals surface area contributed by atoms with Crippen LogP contribution in [0.2, 0.25) is 5.02 Å². The molecule has 1 unspecified atom stereocenters. The van der Waals surface area contributed by atoms with Crippen LogP contribution in [0, 0.1) is 0 Å². The van der Waals surface area contributed by atoms with Gasteiger partial charge in [-0.15, -0.1) is 10.2 Å². The lowest BCUT2D eigenvalue weighted by Crippen LogP contribution is -2.21. The summed E-state index contributed by atoms with van der Waals surface area (Å²) in [5, 5.41) is 11.7. The van der Waals surface area contributed by atoms with Gasteiger partial charge in [-0.05, 0) is 24.6 Å². The normalized spacial score (nSPS) is 12.3. The third-order valence-corrected chi connectivity index (χ3v) is 3.42. The molecule has 0 fully saturated rings. The van der Waals surface area contributed by atoms with Crippen molar-refractivity contribution in [2.24, 2.45) is 12.8 Å². The maximum atomic E-state index is 11.1. The minimum absolute atomic E-state index is 0.0365. The van der Waals surface area contributed by atoms with Crippen molar-refractivity contribution in [2.45, 2.75) is 19.5 Å². The van der Waals surface area contributed by atoms with Gasteiger partial charge in [-0.3, -0.25) is 4.79 Å². The fourth-order valence-corrected chi connectivity index (χ4v) is 2.13. The van der Waals surface area contributed by atoms with Crippen LogP contribution in [0.4, 0.5) is 0 Å². The second-order valence-electron chi connectivity index (χ2n) is 4.57. The Kier molecular flexibility index (Phi) is 4.36. The lowest BCUT2D eigenvalue weighted by atomic mass is 10.1. The third-order valence-electron chi connectivity index (χ3n) is 3.07. The average Bonchev–Trinajstić information content (AvgIpc) is 2.83. The highest BCUT2D eigenvalue weighted by molar-refractivity contribution is 6.31. The first-order valence-electron chi connectivity index (χ1n) is 6.14. The van der Waals surface area contributed by atoms with E-state index in [4.69, 9.17) is 17.3 Å². The summed E-state index contributed by atoms with van der Waals surface area (Å²) >= 11 is 6.13. The number of hydrogen-bond acceptors (Lipinski definition) is 4. The minimum atomic E-state index is -0.487. The van der Waals surface area contributed by atoms with E-state index in [9.17, 15) is 4.79 Å². The Morgan fingerprint density at radius 1 is 1.55 bits per heavy atom. The van der Waals surface area contributed by atoms with Crippen LogP contribution in [0.1, 0.15) is 34.7 Å². The molecule has 1 amide bonds. The molecule has 2 aromatic rings. The van der Waals surface area contributed by atoms with E-state index in [2.05, 4.69) is 15.5 Å². The number of rotatable bonds is 5. The van der Waals surface area contributed by atoms with Crippen molar-refractivity contribution in [3.8, 4) is 0 Å². The zero-order chi connectivity index (χ0) is 14.7. The van der Waals surface area contributed by atoms with Gasteiger partial charge in [-0.1, -0.05) is 17.7 Å². The summed E-state index contributed by atoms with van der Waals surface area (Å²) in [6.07, 6.45) is 1.65. The molecule has 1 aromatic carbocycles. The number of nitrogens with two attached hydrogens (primary N) is 1. The van der Waals surface area contributed by atoms with Gasteiger partial charge in [0.15, 0.2) is 0 Å². The second-order valence-corrected chi connectivity index (χ2v) is 4.98. The van der Waals surface area contributed by atoms with Crippen LogP contribution in [-0.2, 0) is 13.6 Å². The summed E-state index contributed by atoms with van der Waals surface area (Å²) in [6.45, 7) is 2.56. The number of aryl methyl sites for hydroxylation is 1. The predicted octanol–water partition coefficient (Wildman–Crippen LogP) is 1.42. The molecule has 0 saturated heterocycles. The van der Waals surface area contributed by atoms with Gasteiger partial charge in [0.25, 0.3) is 0 Å². The van der Waals surface area contributed by atoms with Crippen molar-refractivity contribution < 1.29 is 4.79 Å². The van der Waals surface area contributed by atoms with Crippen molar-refractivity contribution in [3.05, 3.63) is 46.5 Å². The summed E-state index contributed by atoms with van der Waals surface area (Å²) < 4.78 is 1.86. The Labute approximate surface area is 121 Å². The van der Waals surface area contributed by atoms with Gasteiger partial charge < -0.3 is 15.6 Å². The number of primary amides is 1. The summed E-state index contributed by atoms with van der Waals surface area (Å²) in [5.41, 5.74) is 6.50. The molecule has 1 aromatic heterocycles. The van der Waals surface area contributed by atoms with Crippen LogP contribution in [0.5, 0.6) is 0 Å². The predicted molar refractivity (Wildman–Crippen MR) is 76.2 cm³/mol. The van der Waals surface area contributed by atoms with Crippen molar-refractivity contribution in [3.63, 3.8) is 0 Å². The first-order valence-corrected chi connectivity index (χ1v) is 6.52. The van der Waals surface area contributed by atoms with Crippen molar-refractivity contribution in [2.75, 3.05) is 0 Å². The molecule has 1 atom stereocenters. The molecule has 0 radical (unpaired) electrons. The lowest BCUT2D eigenvalue weighted by molar-refractivity contribution is 0.100. The third kappa shape index (κ3) is 3.15. The first kappa shape index (κ1) is 14.5. The van der Waals surface area contributed by atoms with Crippen LogP contribution in [-0.4, -0.2) is 20.7 Å². The van der Waals surface area contributed by atoms with Crippen LogP contribution in [0.3, 0.4) is 0 Å². The number of aromatic nitrogens is 3. The number of benzene rings is 1. The molecule has 106 valence electrons. The van der Waals surface area contributed by atoms with Crippen molar-refractivity contribution in [1.29, 1.82) is 0 Å². The van der Waals surface area contributed by atoms with E-state index in [1.165, 1.54) is 0 Å². The molecule has 0 aliphatic carbocycles. The van der Waals surface area contributed by atoms with E-state index in [0.717, 1.165) is 11.4 Å². The molecule has 7 heteroatoms. The summed E-state index contributed by atoms with van der Waals surface area (Å²) in [4.78, 5) is 11.1. The summed E-state index contributed by atoms with van der Waals surface area (Å²) in [7, 11) is 1.89. The monoisotopic (exact) mass is 293 g/mol. The number of carbonyl (C=O) groups excluding carboxylic acids is 1. The van der Waals surface area contributed by atoms with Gasteiger partial charge in [0, 0.05) is 24.2 Å². The van der Waals surface area contributed by atoms with E-state index in [1.54, 1.807) is 24.5 Å². The molecule has 3 N–H and O–H groups in total. The average molecular weight is 294 g/mol. The molecular formula is C13H16ClN5O. The van der Waals surface area contributed by atoms with Gasteiger partial charge >= 0.3 is 0 Å². The Hall–Kier alpha value is -1.92. The summed E-state index contributed by atoms with van der Waals surface area (Å²) in [6, 6.07) is 5.07. The minimum Gasteiger partial charge on any atom is -0.366 e. The zero-order valence-electron chi connectivity index (χ0n) is 11.3. The van der Waals surface area contributed by atoms with Crippen LogP contribution >= 0.6 is 11.6 Å².